The molecule has 0 saturated carbocycles. The molecule has 0 unspecified atom stereocenters. The first-order valence-electron chi connectivity index (χ1n) is 7.17. The molecule has 0 aliphatic heterocycles. The number of ether oxygens (including phenoxy) is 2. The van der Waals surface area contributed by atoms with E-state index in [1.165, 1.54) is 0 Å². The average Bonchev–Trinajstić information content (AvgIpc) is 2.55. The van der Waals surface area contributed by atoms with Crippen LogP contribution >= 0.6 is 31.9 Å². The van der Waals surface area contributed by atoms with Crippen LogP contribution in [-0.2, 0) is 9.59 Å². The summed E-state index contributed by atoms with van der Waals surface area (Å²) >= 11 is 6.70. The Bertz CT molecular complexity index is 749. The van der Waals surface area contributed by atoms with Crippen molar-refractivity contribution in [3.8, 4) is 11.5 Å². The standard InChI is InChI=1S/C17H15Br2NO4/c1-2-16(21)20-13-5-3-4-6-15(13)24-17(22)10-23-14-8-7-11(18)9-12(14)19/h3-9H,2,10H2,1H3,(H,20,21). The molecule has 0 spiro atoms. The summed E-state index contributed by atoms with van der Waals surface area (Å²) in [7, 11) is 0. The fourth-order valence-corrected chi connectivity index (χ4v) is 2.94. The third kappa shape index (κ3) is 5.35. The Morgan fingerprint density at radius 2 is 1.83 bits per heavy atom. The van der Waals surface area contributed by atoms with Gasteiger partial charge in [0.1, 0.15) is 5.75 Å². The Kier molecular flexibility index (Phi) is 6.81. The van der Waals surface area contributed by atoms with Crippen molar-refractivity contribution in [2.75, 3.05) is 11.9 Å². The summed E-state index contributed by atoms with van der Waals surface area (Å²) in [5.74, 6) is 0.0852. The summed E-state index contributed by atoms with van der Waals surface area (Å²) < 4.78 is 12.3. The summed E-state index contributed by atoms with van der Waals surface area (Å²) in [6.45, 7) is 1.49. The van der Waals surface area contributed by atoms with Gasteiger partial charge in [0.25, 0.3) is 0 Å². The maximum Gasteiger partial charge on any atom is 0.349 e. The molecule has 1 N–H and O–H groups in total. The second-order valence-corrected chi connectivity index (χ2v) is 6.51. The number of anilines is 1. The molecule has 7 heteroatoms. The SMILES string of the molecule is CCC(=O)Nc1ccccc1OC(=O)COc1ccc(Br)cc1Br. The lowest BCUT2D eigenvalue weighted by Gasteiger charge is -2.12. The molecule has 2 rings (SSSR count). The third-order valence-electron chi connectivity index (χ3n) is 2.95. The minimum absolute atomic E-state index is 0.159. The highest BCUT2D eigenvalue weighted by Crippen LogP contribution is 2.28. The van der Waals surface area contributed by atoms with Crippen LogP contribution in [0.15, 0.2) is 51.4 Å². The van der Waals surface area contributed by atoms with Crippen LogP contribution in [0, 0.1) is 0 Å². The van der Waals surface area contributed by atoms with Crippen molar-refractivity contribution in [1.82, 2.24) is 0 Å². The minimum atomic E-state index is -0.567. The van der Waals surface area contributed by atoms with E-state index in [0.717, 1.165) is 8.95 Å². The lowest BCUT2D eigenvalue weighted by molar-refractivity contribution is -0.136. The molecule has 0 bridgehead atoms. The average molecular weight is 457 g/mol. The number of hydrogen-bond donors (Lipinski definition) is 1. The number of benzene rings is 2. The van der Waals surface area contributed by atoms with Crippen LogP contribution in [-0.4, -0.2) is 18.5 Å². The molecule has 126 valence electrons. The predicted octanol–water partition coefficient (Wildman–Crippen LogP) is 4.54. The summed E-state index contributed by atoms with van der Waals surface area (Å²) in [6.07, 6.45) is 0.336. The Morgan fingerprint density at radius 1 is 1.08 bits per heavy atom. The number of carbonyl (C=O) groups excluding carboxylic acids is 2. The molecular weight excluding hydrogens is 442 g/mol. The van der Waals surface area contributed by atoms with Gasteiger partial charge in [-0.2, -0.15) is 0 Å². The largest absolute Gasteiger partial charge is 0.481 e. The first-order chi connectivity index (χ1) is 11.5. The van der Waals surface area contributed by atoms with E-state index in [1.807, 2.05) is 6.07 Å². The van der Waals surface area contributed by atoms with Crippen LogP contribution in [0.3, 0.4) is 0 Å². The number of para-hydroxylation sites is 2. The zero-order valence-corrected chi connectivity index (χ0v) is 16.0. The van der Waals surface area contributed by atoms with Crippen LogP contribution in [0.2, 0.25) is 0 Å². The Morgan fingerprint density at radius 3 is 2.54 bits per heavy atom. The van der Waals surface area contributed by atoms with Gasteiger partial charge in [0.05, 0.1) is 10.2 Å². The van der Waals surface area contributed by atoms with Gasteiger partial charge >= 0.3 is 5.97 Å². The maximum absolute atomic E-state index is 12.0. The Labute approximate surface area is 156 Å². The van der Waals surface area contributed by atoms with Gasteiger partial charge in [0, 0.05) is 10.9 Å². The van der Waals surface area contributed by atoms with E-state index in [9.17, 15) is 9.59 Å². The van der Waals surface area contributed by atoms with Gasteiger partial charge in [-0.3, -0.25) is 4.79 Å². The van der Waals surface area contributed by atoms with Crippen LogP contribution in [0.25, 0.3) is 0 Å². The van der Waals surface area contributed by atoms with Crippen LogP contribution in [0.1, 0.15) is 13.3 Å². The van der Waals surface area contributed by atoms with Gasteiger partial charge in [0.15, 0.2) is 12.4 Å². The molecule has 2 aromatic rings. The molecule has 1 amide bonds. The van der Waals surface area contributed by atoms with Crippen molar-refractivity contribution < 1.29 is 19.1 Å². The van der Waals surface area contributed by atoms with Crippen LogP contribution in [0.5, 0.6) is 11.5 Å². The monoisotopic (exact) mass is 455 g/mol. The molecule has 24 heavy (non-hydrogen) atoms. The predicted molar refractivity (Wildman–Crippen MR) is 98.3 cm³/mol. The summed E-state index contributed by atoms with van der Waals surface area (Å²) in [4.78, 5) is 23.5. The molecular formula is C17H15Br2NO4. The van der Waals surface area contributed by atoms with Crippen molar-refractivity contribution in [3.63, 3.8) is 0 Å². The number of esters is 1. The molecule has 0 saturated heterocycles. The van der Waals surface area contributed by atoms with Gasteiger partial charge in [-0.05, 0) is 46.3 Å². The smallest absolute Gasteiger partial charge is 0.349 e. The second kappa shape index (κ2) is 8.84. The first kappa shape index (κ1) is 18.5. The van der Waals surface area contributed by atoms with Gasteiger partial charge in [-0.25, -0.2) is 4.79 Å². The van der Waals surface area contributed by atoms with Crippen molar-refractivity contribution in [2.24, 2.45) is 0 Å². The maximum atomic E-state index is 12.0. The number of rotatable bonds is 6. The molecule has 0 fully saturated rings. The molecule has 0 heterocycles. The third-order valence-corrected chi connectivity index (χ3v) is 4.06. The highest BCUT2D eigenvalue weighted by molar-refractivity contribution is 9.11. The quantitative estimate of drug-likeness (QED) is 0.511. The number of carbonyl (C=O) groups is 2. The molecule has 0 radical (unpaired) electrons. The minimum Gasteiger partial charge on any atom is -0.481 e. The van der Waals surface area contributed by atoms with Crippen molar-refractivity contribution >= 4 is 49.4 Å². The van der Waals surface area contributed by atoms with Crippen LogP contribution in [0.4, 0.5) is 5.69 Å². The summed E-state index contributed by atoms with van der Waals surface area (Å²) in [5, 5.41) is 2.69. The van der Waals surface area contributed by atoms with Crippen molar-refractivity contribution in [1.29, 1.82) is 0 Å². The van der Waals surface area contributed by atoms with E-state index < -0.39 is 5.97 Å². The van der Waals surface area contributed by atoms with Gasteiger partial charge in [0.2, 0.25) is 5.91 Å². The highest BCUT2D eigenvalue weighted by atomic mass is 79.9. The topological polar surface area (TPSA) is 64.6 Å². The number of halogens is 2. The van der Waals surface area contributed by atoms with Gasteiger partial charge in [-0.15, -0.1) is 0 Å². The molecule has 0 aliphatic carbocycles. The lowest BCUT2D eigenvalue weighted by atomic mass is 10.3. The summed E-state index contributed by atoms with van der Waals surface area (Å²) in [5.41, 5.74) is 0.447. The Balaban J connectivity index is 1.98. The van der Waals surface area contributed by atoms with Gasteiger partial charge < -0.3 is 14.8 Å². The molecule has 0 aliphatic rings. The molecule has 0 atom stereocenters. The van der Waals surface area contributed by atoms with E-state index in [-0.39, 0.29) is 18.3 Å². The van der Waals surface area contributed by atoms with Crippen molar-refractivity contribution in [2.45, 2.75) is 13.3 Å². The molecule has 0 aromatic heterocycles. The van der Waals surface area contributed by atoms with Crippen LogP contribution < -0.4 is 14.8 Å². The fraction of sp³-hybridized carbons (Fsp3) is 0.176. The number of nitrogens with one attached hydrogen (secondary N) is 1. The Hall–Kier alpha value is -1.86. The first-order valence-corrected chi connectivity index (χ1v) is 8.75. The van der Waals surface area contributed by atoms with Crippen molar-refractivity contribution in [3.05, 3.63) is 51.4 Å². The van der Waals surface area contributed by atoms with E-state index in [2.05, 4.69) is 37.2 Å². The van der Waals surface area contributed by atoms with E-state index in [4.69, 9.17) is 9.47 Å². The number of hydrogen-bond acceptors (Lipinski definition) is 4. The molecule has 2 aromatic carbocycles. The van der Waals surface area contributed by atoms with E-state index >= 15 is 0 Å². The second-order valence-electron chi connectivity index (χ2n) is 4.74. The lowest BCUT2D eigenvalue weighted by Crippen LogP contribution is -2.19. The number of amides is 1. The van der Waals surface area contributed by atoms with E-state index in [1.54, 1.807) is 43.3 Å². The normalized spacial score (nSPS) is 10.1. The fourth-order valence-electron chi connectivity index (χ4n) is 1.78. The van der Waals surface area contributed by atoms with Gasteiger partial charge in [-0.1, -0.05) is 35.0 Å². The molecule has 5 nitrogen and oxygen atoms in total. The zero-order chi connectivity index (χ0) is 17.5. The van der Waals surface area contributed by atoms with E-state index in [0.29, 0.717) is 17.9 Å². The summed E-state index contributed by atoms with van der Waals surface area (Å²) in [6, 6.07) is 12.1. The zero-order valence-electron chi connectivity index (χ0n) is 12.8. The highest BCUT2D eigenvalue weighted by Gasteiger charge is 2.12.